The number of esters is 1. The number of hydrogen-bond donors (Lipinski definition) is 1. The molecule has 11 heteroatoms. The van der Waals surface area contributed by atoms with Gasteiger partial charge in [0.05, 0.1) is 29.6 Å². The van der Waals surface area contributed by atoms with Gasteiger partial charge in [0.15, 0.2) is 10.9 Å². The zero-order valence-corrected chi connectivity index (χ0v) is 22.9. The van der Waals surface area contributed by atoms with E-state index in [1.54, 1.807) is 73.8 Å². The van der Waals surface area contributed by atoms with Crippen LogP contribution in [0.2, 0.25) is 0 Å². The molecule has 4 aromatic rings. The summed E-state index contributed by atoms with van der Waals surface area (Å²) in [7, 11) is 0. The van der Waals surface area contributed by atoms with E-state index >= 15 is 0 Å². The maximum atomic E-state index is 13.6. The minimum absolute atomic E-state index is 0.124. The number of aromatic nitrogens is 3. The molecule has 3 aromatic heterocycles. The topological polar surface area (TPSA) is 123 Å². The summed E-state index contributed by atoms with van der Waals surface area (Å²) in [5.41, 5.74) is 2.07. The number of pyridine rings is 1. The van der Waals surface area contributed by atoms with Gasteiger partial charge in [-0.15, -0.1) is 0 Å². The van der Waals surface area contributed by atoms with E-state index in [-0.39, 0.29) is 34.6 Å². The number of nitrogens with zero attached hydrogens (tertiary/aromatic N) is 4. The summed E-state index contributed by atoms with van der Waals surface area (Å²) in [5.74, 6) is -2.25. The van der Waals surface area contributed by atoms with Crippen LogP contribution in [0.3, 0.4) is 0 Å². The number of ether oxygens (including phenoxy) is 2. The van der Waals surface area contributed by atoms with E-state index in [4.69, 9.17) is 9.47 Å². The molecule has 1 N–H and O–H groups in total. The van der Waals surface area contributed by atoms with Gasteiger partial charge in [-0.05, 0) is 50.6 Å². The molecule has 1 aromatic carbocycles. The fourth-order valence-corrected chi connectivity index (χ4v) is 5.66. The number of aliphatic hydroxyl groups is 1. The van der Waals surface area contributed by atoms with Gasteiger partial charge in [-0.3, -0.25) is 18.9 Å². The van der Waals surface area contributed by atoms with Gasteiger partial charge in [-0.2, -0.15) is 0 Å². The Bertz CT molecular complexity index is 1700. The molecule has 0 radical (unpaired) electrons. The van der Waals surface area contributed by atoms with Gasteiger partial charge >= 0.3 is 11.9 Å². The second kappa shape index (κ2) is 10.8. The minimum Gasteiger partial charge on any atom is -0.505 e. The van der Waals surface area contributed by atoms with Crippen LogP contribution in [-0.4, -0.2) is 50.3 Å². The van der Waals surface area contributed by atoms with E-state index in [0.717, 1.165) is 11.3 Å². The SMILES string of the molecule is C=CCOc1cccc(C2C(=C(O)c3c(C)nc4ccccn34)C(=O)C(=O)N2c2nc(C)c(C(=O)OCC)s2)c1. The van der Waals surface area contributed by atoms with Gasteiger partial charge < -0.3 is 14.6 Å². The number of anilines is 1. The highest BCUT2D eigenvalue weighted by molar-refractivity contribution is 7.17. The van der Waals surface area contributed by atoms with Gasteiger partial charge in [-0.25, -0.2) is 14.8 Å². The van der Waals surface area contributed by atoms with Crippen LogP contribution in [0.15, 0.2) is 66.9 Å². The molecule has 204 valence electrons. The lowest BCUT2D eigenvalue weighted by atomic mass is 9.96. The second-order valence-electron chi connectivity index (χ2n) is 8.95. The van der Waals surface area contributed by atoms with Crippen molar-refractivity contribution in [3.05, 3.63) is 94.4 Å². The first-order chi connectivity index (χ1) is 19.3. The summed E-state index contributed by atoms with van der Waals surface area (Å²) in [5, 5.41) is 11.8. The van der Waals surface area contributed by atoms with Crippen LogP contribution in [-0.2, 0) is 14.3 Å². The van der Waals surface area contributed by atoms with Crippen LogP contribution in [0.1, 0.15) is 45.3 Å². The van der Waals surface area contributed by atoms with Crippen molar-refractivity contribution < 1.29 is 29.0 Å². The van der Waals surface area contributed by atoms with Crippen molar-refractivity contribution in [1.82, 2.24) is 14.4 Å². The summed E-state index contributed by atoms with van der Waals surface area (Å²) in [6.45, 7) is 9.12. The van der Waals surface area contributed by atoms with E-state index in [2.05, 4.69) is 16.5 Å². The lowest BCUT2D eigenvalue weighted by Gasteiger charge is -2.23. The number of thiazole rings is 1. The first kappa shape index (κ1) is 26.8. The fraction of sp³-hybridized carbons (Fsp3) is 0.207. The highest BCUT2D eigenvalue weighted by Gasteiger charge is 2.49. The first-order valence-corrected chi connectivity index (χ1v) is 13.3. The second-order valence-corrected chi connectivity index (χ2v) is 9.92. The fourth-order valence-electron chi connectivity index (χ4n) is 4.67. The van der Waals surface area contributed by atoms with Gasteiger partial charge in [0.2, 0.25) is 0 Å². The molecule has 0 saturated carbocycles. The number of hydrogen-bond acceptors (Lipinski definition) is 9. The van der Waals surface area contributed by atoms with Crippen LogP contribution in [0.4, 0.5) is 5.13 Å². The Balaban J connectivity index is 1.74. The Kier molecular flexibility index (Phi) is 7.22. The summed E-state index contributed by atoms with van der Waals surface area (Å²) in [6, 6.07) is 11.2. The van der Waals surface area contributed by atoms with Crippen molar-refractivity contribution in [2.24, 2.45) is 0 Å². The molecule has 4 heterocycles. The lowest BCUT2D eigenvalue weighted by Crippen LogP contribution is -2.29. The molecule has 1 aliphatic rings. The van der Waals surface area contributed by atoms with Crippen LogP contribution >= 0.6 is 11.3 Å². The van der Waals surface area contributed by atoms with Crippen LogP contribution in [0.5, 0.6) is 5.75 Å². The van der Waals surface area contributed by atoms with Gasteiger partial charge in [0.1, 0.15) is 28.6 Å². The first-order valence-electron chi connectivity index (χ1n) is 12.5. The predicted octanol–water partition coefficient (Wildman–Crippen LogP) is 4.78. The highest BCUT2D eigenvalue weighted by atomic mass is 32.1. The number of aryl methyl sites for hydroxylation is 2. The molecule has 1 unspecified atom stereocenters. The standard InChI is InChI=1S/C29H26N4O6S/c1-5-14-39-19-11-9-10-18(15-19)23-21(24(34)22-16(3)30-20-12-7-8-13-32(20)22)25(35)27(36)33(23)29-31-17(4)26(40-29)28(37)38-6-2/h5,7-13,15,23,34H,1,6,14H2,2-4H3. The number of benzene rings is 1. The van der Waals surface area contributed by atoms with Crippen molar-refractivity contribution in [1.29, 1.82) is 0 Å². The molecule has 0 aliphatic carbocycles. The summed E-state index contributed by atoms with van der Waals surface area (Å²) in [6.07, 6.45) is 3.32. The third-order valence-electron chi connectivity index (χ3n) is 6.37. The quantitative estimate of drug-likeness (QED) is 0.108. The number of fused-ring (bicyclic) bond motifs is 1. The van der Waals surface area contributed by atoms with Crippen LogP contribution < -0.4 is 9.64 Å². The van der Waals surface area contributed by atoms with Crippen molar-refractivity contribution in [3.8, 4) is 5.75 Å². The maximum Gasteiger partial charge on any atom is 0.350 e. The highest BCUT2D eigenvalue weighted by Crippen LogP contribution is 2.44. The van der Waals surface area contributed by atoms with E-state index in [1.807, 2.05) is 6.07 Å². The van der Waals surface area contributed by atoms with E-state index in [9.17, 15) is 19.5 Å². The molecule has 1 atom stereocenters. The minimum atomic E-state index is -1.07. The van der Waals surface area contributed by atoms with E-state index in [0.29, 0.717) is 34.0 Å². The van der Waals surface area contributed by atoms with Crippen molar-refractivity contribution in [2.75, 3.05) is 18.1 Å². The monoisotopic (exact) mass is 558 g/mol. The zero-order chi connectivity index (χ0) is 28.6. The van der Waals surface area contributed by atoms with Gasteiger partial charge in [0.25, 0.3) is 5.78 Å². The summed E-state index contributed by atoms with van der Waals surface area (Å²) in [4.78, 5) is 50.2. The van der Waals surface area contributed by atoms with E-state index < -0.39 is 23.7 Å². The molecule has 10 nitrogen and oxygen atoms in total. The van der Waals surface area contributed by atoms with E-state index in [1.165, 1.54) is 4.90 Å². The largest absolute Gasteiger partial charge is 0.505 e. The molecule has 5 rings (SSSR count). The number of aliphatic hydroxyl groups excluding tert-OH is 1. The van der Waals surface area contributed by atoms with Gasteiger partial charge in [-0.1, -0.05) is 42.2 Å². The number of rotatable bonds is 8. The summed E-state index contributed by atoms with van der Waals surface area (Å²) < 4.78 is 12.5. The molecule has 1 saturated heterocycles. The maximum absolute atomic E-state index is 13.6. The number of carbonyl (C=O) groups is 3. The van der Waals surface area contributed by atoms with Crippen molar-refractivity contribution in [3.63, 3.8) is 0 Å². The molecular formula is C29H26N4O6S. The number of amides is 1. The molecule has 1 fully saturated rings. The van der Waals surface area contributed by atoms with Crippen LogP contribution in [0, 0.1) is 13.8 Å². The smallest absolute Gasteiger partial charge is 0.350 e. The molecule has 0 bridgehead atoms. The average molecular weight is 559 g/mol. The lowest BCUT2D eigenvalue weighted by molar-refractivity contribution is -0.132. The molecule has 40 heavy (non-hydrogen) atoms. The normalized spacial score (nSPS) is 16.5. The van der Waals surface area contributed by atoms with Crippen LogP contribution in [0.25, 0.3) is 11.4 Å². The summed E-state index contributed by atoms with van der Waals surface area (Å²) >= 11 is 0.945. The number of imidazole rings is 1. The Morgan fingerprint density at radius 2 is 1.95 bits per heavy atom. The molecule has 1 aliphatic heterocycles. The van der Waals surface area contributed by atoms with Crippen molar-refractivity contribution >= 4 is 45.5 Å². The molecule has 1 amide bonds. The third-order valence-corrected chi connectivity index (χ3v) is 7.50. The predicted molar refractivity (Wildman–Crippen MR) is 150 cm³/mol. The third kappa shape index (κ3) is 4.54. The Morgan fingerprint density at radius 3 is 2.70 bits per heavy atom. The average Bonchev–Trinajstić information content (AvgIpc) is 3.57. The molecular weight excluding hydrogens is 532 g/mol. The zero-order valence-electron chi connectivity index (χ0n) is 22.1. The van der Waals surface area contributed by atoms with Gasteiger partial charge in [0, 0.05) is 6.20 Å². The Labute approximate surface area is 233 Å². The number of Topliss-reactive ketones (excluding diaryl/α,β-unsaturated/α-hetero) is 1. The number of carbonyl (C=O) groups excluding carboxylic acids is 3. The molecule has 0 spiro atoms. The Hall–Kier alpha value is -4.77. The number of ketones is 1. The van der Waals surface area contributed by atoms with Crippen molar-refractivity contribution in [2.45, 2.75) is 26.8 Å². The Morgan fingerprint density at radius 1 is 1.15 bits per heavy atom.